The van der Waals surface area contributed by atoms with Crippen LogP contribution in [-0.4, -0.2) is 23.6 Å². The number of hydrogen-bond acceptors (Lipinski definition) is 4. The van der Waals surface area contributed by atoms with Crippen LogP contribution >= 0.6 is 11.6 Å². The third-order valence-corrected chi connectivity index (χ3v) is 6.27. The van der Waals surface area contributed by atoms with Crippen LogP contribution in [0.3, 0.4) is 0 Å². The Morgan fingerprint density at radius 3 is 2.62 bits per heavy atom. The molecule has 1 aliphatic heterocycles. The van der Waals surface area contributed by atoms with Gasteiger partial charge in [-0.05, 0) is 53.3 Å². The number of amides is 1. The maximum Gasteiger partial charge on any atom is 0.410 e. The second-order valence-electron chi connectivity index (χ2n) is 8.47. The molecule has 176 valence electrons. The van der Waals surface area contributed by atoms with Crippen molar-refractivity contribution in [2.75, 3.05) is 5.32 Å². The highest BCUT2D eigenvalue weighted by molar-refractivity contribution is 6.31. The summed E-state index contributed by atoms with van der Waals surface area (Å²) in [6.07, 6.45) is 1.56. The molecule has 1 heterocycles. The van der Waals surface area contributed by atoms with Gasteiger partial charge in [0.1, 0.15) is 6.61 Å². The molecule has 5 rings (SSSR count). The summed E-state index contributed by atoms with van der Waals surface area (Å²) in [5, 5.41) is 3.72. The van der Waals surface area contributed by atoms with Crippen LogP contribution in [-0.2, 0) is 24.4 Å². The molecule has 1 saturated carbocycles. The third kappa shape index (κ3) is 4.94. The first-order valence-corrected chi connectivity index (χ1v) is 11.5. The summed E-state index contributed by atoms with van der Waals surface area (Å²) in [7, 11) is 0. The van der Waals surface area contributed by atoms with E-state index in [0.717, 1.165) is 29.5 Å². The minimum atomic E-state index is -2.96. The van der Waals surface area contributed by atoms with Gasteiger partial charge in [-0.3, -0.25) is 4.90 Å². The number of alkyl halides is 2. The van der Waals surface area contributed by atoms with E-state index in [0.29, 0.717) is 34.9 Å². The molecule has 0 atom stereocenters. The fourth-order valence-corrected chi connectivity index (χ4v) is 4.40. The Hall–Kier alpha value is -3.32. The molecule has 5 nitrogen and oxygen atoms in total. The summed E-state index contributed by atoms with van der Waals surface area (Å²) >= 11 is 6.58. The second-order valence-corrected chi connectivity index (χ2v) is 8.88. The van der Waals surface area contributed by atoms with E-state index in [9.17, 15) is 13.6 Å². The predicted molar refractivity (Wildman–Crippen MR) is 126 cm³/mol. The zero-order valence-electron chi connectivity index (χ0n) is 18.3. The lowest BCUT2D eigenvalue weighted by Gasteiger charge is -2.17. The number of para-hydroxylation sites is 1. The number of carbonyl (C=O) groups is 1. The highest BCUT2D eigenvalue weighted by atomic mass is 35.5. The van der Waals surface area contributed by atoms with Crippen LogP contribution in [0, 0.1) is 0 Å². The van der Waals surface area contributed by atoms with E-state index in [1.807, 2.05) is 36.4 Å². The Labute approximate surface area is 201 Å². The van der Waals surface area contributed by atoms with Gasteiger partial charge in [-0.2, -0.15) is 8.78 Å². The number of carbonyl (C=O) groups excluding carboxylic acids is 1. The quantitative estimate of drug-likeness (QED) is 0.399. The average molecular weight is 485 g/mol. The molecule has 0 aromatic heterocycles. The Balaban J connectivity index is 1.38. The summed E-state index contributed by atoms with van der Waals surface area (Å²) in [4.78, 5) is 14.2. The number of halogens is 3. The van der Waals surface area contributed by atoms with Gasteiger partial charge in [0, 0.05) is 23.2 Å². The third-order valence-electron chi connectivity index (χ3n) is 5.93. The van der Waals surface area contributed by atoms with Gasteiger partial charge in [-0.15, -0.1) is 0 Å². The topological polar surface area (TPSA) is 50.8 Å². The molecular formula is C26H23ClF2N2O3. The molecule has 2 aliphatic rings. The normalized spacial score (nSPS) is 14.8. The van der Waals surface area contributed by atoms with Gasteiger partial charge < -0.3 is 14.8 Å². The van der Waals surface area contributed by atoms with E-state index in [1.54, 1.807) is 29.2 Å². The fraction of sp³-hybridized carbons (Fsp3) is 0.269. The predicted octanol–water partition coefficient (Wildman–Crippen LogP) is 6.84. The molecule has 0 radical (unpaired) electrons. The number of nitrogens with one attached hydrogen (secondary N) is 1. The van der Waals surface area contributed by atoms with Gasteiger partial charge in [0.15, 0.2) is 5.75 Å². The summed E-state index contributed by atoms with van der Waals surface area (Å²) in [6.45, 7) is -2.13. The Morgan fingerprint density at radius 2 is 1.88 bits per heavy atom. The smallest absolute Gasteiger partial charge is 0.410 e. The highest BCUT2D eigenvalue weighted by Crippen LogP contribution is 2.42. The van der Waals surface area contributed by atoms with Crippen LogP contribution in [0.4, 0.5) is 19.3 Å². The number of hydrogen-bond donors (Lipinski definition) is 1. The van der Waals surface area contributed by atoms with Crippen molar-refractivity contribution >= 4 is 23.4 Å². The number of fused-ring (bicyclic) bond motifs is 1. The van der Waals surface area contributed by atoms with Crippen molar-refractivity contribution in [3.8, 4) is 16.9 Å². The van der Waals surface area contributed by atoms with Crippen molar-refractivity contribution in [1.29, 1.82) is 0 Å². The maximum atomic E-state index is 13.2. The van der Waals surface area contributed by atoms with Gasteiger partial charge in [-0.25, -0.2) is 4.79 Å². The average Bonchev–Trinajstić information content (AvgIpc) is 3.53. The van der Waals surface area contributed by atoms with Crippen molar-refractivity contribution in [1.82, 2.24) is 4.90 Å². The number of anilines is 1. The lowest BCUT2D eigenvalue weighted by atomic mass is 9.99. The Kier molecular flexibility index (Phi) is 6.28. The molecule has 8 heteroatoms. The molecule has 3 aromatic rings. The van der Waals surface area contributed by atoms with Crippen LogP contribution < -0.4 is 10.1 Å². The molecule has 0 saturated heterocycles. The van der Waals surface area contributed by atoms with Crippen molar-refractivity contribution in [3.63, 3.8) is 0 Å². The van der Waals surface area contributed by atoms with Gasteiger partial charge in [-0.1, -0.05) is 54.1 Å². The Morgan fingerprint density at radius 1 is 1.09 bits per heavy atom. The van der Waals surface area contributed by atoms with Crippen LogP contribution in [0.5, 0.6) is 5.75 Å². The second kappa shape index (κ2) is 9.50. The van der Waals surface area contributed by atoms with Gasteiger partial charge >= 0.3 is 12.7 Å². The summed E-state index contributed by atoms with van der Waals surface area (Å²) in [5.74, 6) is 0.0949. The van der Waals surface area contributed by atoms with E-state index in [-0.39, 0.29) is 18.4 Å². The van der Waals surface area contributed by atoms with Crippen LogP contribution in [0.1, 0.15) is 29.5 Å². The van der Waals surface area contributed by atoms with Crippen molar-refractivity contribution in [3.05, 3.63) is 82.4 Å². The summed E-state index contributed by atoms with van der Waals surface area (Å²) < 4.78 is 36.9. The van der Waals surface area contributed by atoms with Crippen LogP contribution in [0.2, 0.25) is 5.02 Å². The maximum absolute atomic E-state index is 13.2. The summed E-state index contributed by atoms with van der Waals surface area (Å²) in [5.41, 5.74) is 4.27. The van der Waals surface area contributed by atoms with Crippen molar-refractivity contribution in [2.24, 2.45) is 0 Å². The van der Waals surface area contributed by atoms with E-state index < -0.39 is 12.7 Å². The molecule has 1 fully saturated rings. The minimum absolute atomic E-state index is 0.0949. The van der Waals surface area contributed by atoms with E-state index >= 15 is 0 Å². The Bertz CT molecular complexity index is 1200. The van der Waals surface area contributed by atoms with Crippen LogP contribution in [0.15, 0.2) is 60.7 Å². The first kappa shape index (κ1) is 22.5. The molecule has 1 amide bonds. The molecule has 34 heavy (non-hydrogen) atoms. The largest absolute Gasteiger partial charge is 0.445 e. The zero-order valence-corrected chi connectivity index (χ0v) is 19.0. The molecule has 1 N–H and O–H groups in total. The van der Waals surface area contributed by atoms with Crippen LogP contribution in [0.25, 0.3) is 11.1 Å². The standard InChI is InChI=1S/C26H23ClF2N2O3/c27-22-12-17(20-7-4-8-23(30-19-9-10-19)24(20)34-25(28)29)11-18-13-31(14-21(18)22)26(32)33-15-16-5-2-1-3-6-16/h1-8,11-12,19,25,30H,9-10,13-15H2. The molecule has 3 aromatic carbocycles. The highest BCUT2D eigenvalue weighted by Gasteiger charge is 2.29. The molecular weight excluding hydrogens is 462 g/mol. The molecule has 1 aliphatic carbocycles. The van der Waals surface area contributed by atoms with E-state index in [1.165, 1.54) is 0 Å². The van der Waals surface area contributed by atoms with Gasteiger partial charge in [0.25, 0.3) is 0 Å². The van der Waals surface area contributed by atoms with Gasteiger partial charge in [0.05, 0.1) is 12.2 Å². The number of rotatable bonds is 7. The number of ether oxygens (including phenoxy) is 2. The first-order valence-electron chi connectivity index (χ1n) is 11.1. The van der Waals surface area contributed by atoms with E-state index in [4.69, 9.17) is 21.1 Å². The number of nitrogens with zero attached hydrogens (tertiary/aromatic N) is 1. The fourth-order valence-electron chi connectivity index (χ4n) is 4.10. The lowest BCUT2D eigenvalue weighted by molar-refractivity contribution is -0.0489. The molecule has 0 unspecified atom stereocenters. The van der Waals surface area contributed by atoms with Gasteiger partial charge in [0.2, 0.25) is 0 Å². The molecule has 0 spiro atoms. The first-order chi connectivity index (χ1) is 16.5. The summed E-state index contributed by atoms with van der Waals surface area (Å²) in [6, 6.07) is 18.6. The zero-order chi connectivity index (χ0) is 23.7. The van der Waals surface area contributed by atoms with Crippen molar-refractivity contribution < 1.29 is 23.0 Å². The SMILES string of the molecule is O=C(OCc1ccccc1)N1Cc2cc(-c3cccc(NC4CC4)c3OC(F)F)cc(Cl)c2C1. The minimum Gasteiger partial charge on any atom is -0.445 e. The van der Waals surface area contributed by atoms with E-state index in [2.05, 4.69) is 5.32 Å². The molecule has 0 bridgehead atoms. The number of benzene rings is 3. The monoisotopic (exact) mass is 484 g/mol. The lowest BCUT2D eigenvalue weighted by Crippen LogP contribution is -2.26. The van der Waals surface area contributed by atoms with Crippen molar-refractivity contribution in [2.45, 2.75) is 45.2 Å².